The van der Waals surface area contributed by atoms with E-state index in [2.05, 4.69) is 15.6 Å². The number of nitrogens with zero attached hydrogens (tertiary/aromatic N) is 2. The minimum atomic E-state index is -0.209. The second-order valence-corrected chi connectivity index (χ2v) is 4.73. The highest BCUT2D eigenvalue weighted by Gasteiger charge is 2.17. The number of nitrogens with one attached hydrogen (secondary N) is 2. The molecule has 0 fully saturated rings. The first-order valence-corrected chi connectivity index (χ1v) is 6.34. The van der Waals surface area contributed by atoms with Crippen LogP contribution in [0.4, 0.5) is 0 Å². The Morgan fingerprint density at radius 3 is 3.05 bits per heavy atom. The molecule has 1 amide bonds. The molecule has 0 bridgehead atoms. The lowest BCUT2D eigenvalue weighted by Crippen LogP contribution is -2.40. The maximum atomic E-state index is 11.8. The van der Waals surface area contributed by atoms with Crippen LogP contribution in [0.2, 0.25) is 0 Å². The summed E-state index contributed by atoms with van der Waals surface area (Å²) in [7, 11) is 0. The highest BCUT2D eigenvalue weighted by molar-refractivity contribution is 5.85. The summed E-state index contributed by atoms with van der Waals surface area (Å²) >= 11 is 0. The third kappa shape index (κ3) is 3.97. The fourth-order valence-corrected chi connectivity index (χ4v) is 2.16. The quantitative estimate of drug-likeness (QED) is 0.842. The summed E-state index contributed by atoms with van der Waals surface area (Å²) in [6.45, 7) is 3.24. The average Bonchev–Trinajstić information content (AvgIpc) is 3.04. The van der Waals surface area contributed by atoms with Crippen molar-refractivity contribution < 1.29 is 4.79 Å². The number of halogens is 2. The fourth-order valence-electron chi connectivity index (χ4n) is 2.16. The van der Waals surface area contributed by atoms with Gasteiger partial charge in [-0.1, -0.05) is 12.2 Å². The Hall–Kier alpha value is -1.56. The molecule has 0 aromatic carbocycles. The van der Waals surface area contributed by atoms with Crippen LogP contribution in [0, 0.1) is 6.92 Å². The van der Waals surface area contributed by atoms with Crippen LogP contribution in [-0.4, -0.2) is 27.9 Å². The van der Waals surface area contributed by atoms with Gasteiger partial charge in [0, 0.05) is 18.9 Å². The van der Waals surface area contributed by atoms with Crippen molar-refractivity contribution in [1.82, 2.24) is 20.0 Å². The van der Waals surface area contributed by atoms with E-state index >= 15 is 0 Å². The number of fused-ring (bicyclic) bond motifs is 1. The number of aryl methyl sites for hydroxylation is 1. The van der Waals surface area contributed by atoms with E-state index in [-0.39, 0.29) is 36.8 Å². The number of pyridine rings is 1. The van der Waals surface area contributed by atoms with Crippen LogP contribution in [-0.2, 0) is 11.3 Å². The molecule has 0 radical (unpaired) electrons. The van der Waals surface area contributed by atoms with E-state index in [9.17, 15) is 4.79 Å². The predicted octanol–water partition coefficient (Wildman–Crippen LogP) is 1.63. The Bertz CT molecular complexity index is 653. The lowest BCUT2D eigenvalue weighted by molar-refractivity contribution is -0.122. The third-order valence-corrected chi connectivity index (χ3v) is 3.18. The number of hydrogen-bond acceptors (Lipinski definition) is 3. The molecule has 0 saturated heterocycles. The molecule has 0 aliphatic carbocycles. The standard InChI is InChI=1S/C14H16N4O.2ClH/c1-10-4-6-18-9-11(17-13(18)7-10)8-16-14(19)12-3-2-5-15-12;;/h2-4,6-7,9,12,15H,5,8H2,1H3,(H,16,19);2*1H. The molecule has 2 aromatic heterocycles. The molecule has 1 atom stereocenters. The molecule has 1 aliphatic rings. The minimum absolute atomic E-state index is 0. The van der Waals surface area contributed by atoms with Gasteiger partial charge in [-0.05, 0) is 24.6 Å². The van der Waals surface area contributed by atoms with Crippen LogP contribution in [0.5, 0.6) is 0 Å². The van der Waals surface area contributed by atoms with Crippen molar-refractivity contribution in [3.05, 3.63) is 47.9 Å². The fraction of sp³-hybridized carbons (Fsp3) is 0.286. The maximum absolute atomic E-state index is 11.8. The highest BCUT2D eigenvalue weighted by Crippen LogP contribution is 2.07. The van der Waals surface area contributed by atoms with Crippen molar-refractivity contribution in [2.75, 3.05) is 6.54 Å². The van der Waals surface area contributed by atoms with Crippen molar-refractivity contribution in [3.63, 3.8) is 0 Å². The summed E-state index contributed by atoms with van der Waals surface area (Å²) in [5.41, 5.74) is 2.94. The van der Waals surface area contributed by atoms with Crippen molar-refractivity contribution in [2.45, 2.75) is 19.5 Å². The molecular weight excluding hydrogens is 311 g/mol. The molecule has 2 N–H and O–H groups in total. The second kappa shape index (κ2) is 7.45. The minimum Gasteiger partial charge on any atom is -0.349 e. The van der Waals surface area contributed by atoms with Crippen LogP contribution < -0.4 is 10.6 Å². The van der Waals surface area contributed by atoms with Gasteiger partial charge in [-0.2, -0.15) is 0 Å². The van der Waals surface area contributed by atoms with Gasteiger partial charge in [-0.25, -0.2) is 4.98 Å². The first kappa shape index (κ1) is 17.5. The van der Waals surface area contributed by atoms with Gasteiger partial charge in [0.15, 0.2) is 0 Å². The predicted molar refractivity (Wildman–Crippen MR) is 87.2 cm³/mol. The molecule has 114 valence electrons. The van der Waals surface area contributed by atoms with Gasteiger partial charge in [-0.3, -0.25) is 10.1 Å². The van der Waals surface area contributed by atoms with Gasteiger partial charge in [-0.15, -0.1) is 24.8 Å². The van der Waals surface area contributed by atoms with Crippen molar-refractivity contribution in [1.29, 1.82) is 0 Å². The van der Waals surface area contributed by atoms with E-state index in [0.717, 1.165) is 17.9 Å². The molecule has 21 heavy (non-hydrogen) atoms. The number of amides is 1. The van der Waals surface area contributed by atoms with E-state index < -0.39 is 0 Å². The van der Waals surface area contributed by atoms with Gasteiger partial charge in [0.25, 0.3) is 0 Å². The van der Waals surface area contributed by atoms with E-state index in [1.165, 1.54) is 5.56 Å². The van der Waals surface area contributed by atoms with E-state index in [0.29, 0.717) is 6.54 Å². The summed E-state index contributed by atoms with van der Waals surface area (Å²) in [6.07, 6.45) is 7.75. The van der Waals surface area contributed by atoms with Gasteiger partial charge < -0.3 is 9.72 Å². The number of rotatable bonds is 3. The Balaban J connectivity index is 0.00000110. The van der Waals surface area contributed by atoms with E-state index in [1.807, 2.05) is 48.0 Å². The molecule has 1 aliphatic heterocycles. The zero-order chi connectivity index (χ0) is 13.2. The van der Waals surface area contributed by atoms with Gasteiger partial charge in [0.05, 0.1) is 12.2 Å². The Morgan fingerprint density at radius 2 is 2.33 bits per heavy atom. The van der Waals surface area contributed by atoms with Gasteiger partial charge in [0.2, 0.25) is 5.91 Å². The van der Waals surface area contributed by atoms with E-state index in [1.54, 1.807) is 0 Å². The summed E-state index contributed by atoms with van der Waals surface area (Å²) in [5.74, 6) is -0.0120. The summed E-state index contributed by atoms with van der Waals surface area (Å²) in [5, 5.41) is 5.97. The maximum Gasteiger partial charge on any atom is 0.241 e. The molecule has 3 heterocycles. The number of carbonyl (C=O) groups is 1. The van der Waals surface area contributed by atoms with Gasteiger partial charge >= 0.3 is 0 Å². The topological polar surface area (TPSA) is 58.4 Å². The van der Waals surface area contributed by atoms with Gasteiger partial charge in [0.1, 0.15) is 11.7 Å². The van der Waals surface area contributed by atoms with Crippen LogP contribution in [0.25, 0.3) is 5.65 Å². The first-order chi connectivity index (χ1) is 9.22. The molecule has 7 heteroatoms. The summed E-state index contributed by atoms with van der Waals surface area (Å²) in [6, 6.07) is 3.84. The molecule has 0 spiro atoms. The molecule has 5 nitrogen and oxygen atoms in total. The summed E-state index contributed by atoms with van der Waals surface area (Å²) in [4.78, 5) is 16.3. The molecule has 2 aromatic rings. The molecule has 0 saturated carbocycles. The first-order valence-electron chi connectivity index (χ1n) is 6.34. The smallest absolute Gasteiger partial charge is 0.241 e. The number of carbonyl (C=O) groups excluding carboxylic acids is 1. The van der Waals surface area contributed by atoms with Crippen LogP contribution in [0.1, 0.15) is 11.3 Å². The van der Waals surface area contributed by atoms with Crippen LogP contribution in [0.15, 0.2) is 36.7 Å². The van der Waals surface area contributed by atoms with E-state index in [4.69, 9.17) is 0 Å². The lowest BCUT2D eigenvalue weighted by Gasteiger charge is -2.08. The Morgan fingerprint density at radius 1 is 1.52 bits per heavy atom. The highest BCUT2D eigenvalue weighted by atomic mass is 35.5. The van der Waals surface area contributed by atoms with Crippen molar-refractivity contribution in [2.24, 2.45) is 0 Å². The van der Waals surface area contributed by atoms with Crippen LogP contribution in [0.3, 0.4) is 0 Å². The SMILES string of the molecule is Cc1ccn2cc(CNC(=O)C3C=CCN3)nc2c1.Cl.Cl. The average molecular weight is 329 g/mol. The largest absolute Gasteiger partial charge is 0.349 e. The normalized spacial score (nSPS) is 16.3. The van der Waals surface area contributed by atoms with Crippen molar-refractivity contribution in [3.8, 4) is 0 Å². The zero-order valence-electron chi connectivity index (χ0n) is 11.6. The molecule has 1 unspecified atom stereocenters. The third-order valence-electron chi connectivity index (χ3n) is 3.18. The monoisotopic (exact) mass is 328 g/mol. The molecular formula is C14H18Cl2N4O. The Kier molecular flexibility index (Phi) is 6.20. The zero-order valence-corrected chi connectivity index (χ0v) is 13.2. The second-order valence-electron chi connectivity index (χ2n) is 4.73. The number of imidazole rings is 1. The molecule has 3 rings (SSSR count). The summed E-state index contributed by atoms with van der Waals surface area (Å²) < 4.78 is 1.96. The number of aromatic nitrogens is 2. The van der Waals surface area contributed by atoms with Crippen LogP contribution >= 0.6 is 24.8 Å². The number of hydrogen-bond donors (Lipinski definition) is 2. The van der Waals surface area contributed by atoms with Crippen molar-refractivity contribution >= 4 is 36.4 Å². The lowest BCUT2D eigenvalue weighted by atomic mass is 10.3. The Labute approximate surface area is 135 Å².